The topological polar surface area (TPSA) is 63.2 Å². The van der Waals surface area contributed by atoms with Gasteiger partial charge in [-0.05, 0) is 135 Å². The van der Waals surface area contributed by atoms with Gasteiger partial charge in [0.2, 0.25) is 0 Å². The predicted molar refractivity (Wildman–Crippen MR) is 140 cm³/mol. The summed E-state index contributed by atoms with van der Waals surface area (Å²) in [7, 11) is 1.45. The third-order valence-corrected chi connectivity index (χ3v) is 11.4. The molecule has 8 aliphatic rings. The first-order valence-corrected chi connectivity index (χ1v) is 15.0. The highest BCUT2D eigenvalue weighted by Crippen LogP contribution is 2.60. The number of aromatic nitrogens is 1. The van der Waals surface area contributed by atoms with Gasteiger partial charge in [0.25, 0.3) is 0 Å². The van der Waals surface area contributed by atoms with Crippen molar-refractivity contribution in [3.63, 3.8) is 0 Å². The molecule has 1 aromatic heterocycles. The Morgan fingerprint density at radius 3 is 1.69 bits per heavy atom. The first kappa shape index (κ1) is 23.6. The van der Waals surface area contributed by atoms with Crippen molar-refractivity contribution in [2.45, 2.75) is 90.1 Å². The van der Waals surface area contributed by atoms with Gasteiger partial charge >= 0.3 is 5.97 Å². The Kier molecular flexibility index (Phi) is 5.96. The summed E-state index contributed by atoms with van der Waals surface area (Å²) in [5.74, 6) is 5.60. The fourth-order valence-electron chi connectivity index (χ4n) is 11.0. The second-order valence-electron chi connectivity index (χ2n) is 14.4. The summed E-state index contributed by atoms with van der Waals surface area (Å²) in [6.45, 7) is 3.81. The lowest BCUT2D eigenvalue weighted by molar-refractivity contribution is -0.0517. The lowest BCUT2D eigenvalue weighted by Gasteiger charge is -2.57. The van der Waals surface area contributed by atoms with Gasteiger partial charge in [0.15, 0.2) is 0 Å². The summed E-state index contributed by atoms with van der Waals surface area (Å²) in [5.41, 5.74) is 3.84. The number of esters is 1. The largest absolute Gasteiger partial charge is 0.465 e. The molecule has 5 nitrogen and oxygen atoms in total. The molecule has 196 valence electrons. The zero-order valence-corrected chi connectivity index (χ0v) is 22.2. The second-order valence-corrected chi connectivity index (χ2v) is 14.4. The Bertz CT molecular complexity index is 933. The summed E-state index contributed by atoms with van der Waals surface area (Å²) in [5, 5.41) is 7.69. The number of carbonyl (C=O) groups is 1. The summed E-state index contributed by atoms with van der Waals surface area (Å²) in [6, 6.07) is 2.02. The molecule has 1 heterocycles. The standard InChI is InChI=1S/C31H45N3O2/c1-36-29(35)27-8-26(15-32-18-30-9-20-2-21(10-30)4-22(3-20)11-30)28(34-16-27)17-33-19-31-12-23-5-24(13-31)7-25(6-23)14-31/h8,16,20-25,32-33H,2-7,9-15,17-19H2,1H3. The number of hydrogen-bond acceptors (Lipinski definition) is 5. The van der Waals surface area contributed by atoms with Crippen LogP contribution < -0.4 is 10.6 Å². The van der Waals surface area contributed by atoms with Gasteiger partial charge in [-0.2, -0.15) is 0 Å². The molecule has 0 atom stereocenters. The Morgan fingerprint density at radius 2 is 1.25 bits per heavy atom. The Hall–Kier alpha value is -1.46. The summed E-state index contributed by atoms with van der Waals surface area (Å²) in [4.78, 5) is 17.0. The van der Waals surface area contributed by atoms with E-state index in [0.717, 1.165) is 72.9 Å². The maximum atomic E-state index is 12.3. The number of ether oxygens (including phenoxy) is 1. The molecule has 0 amide bonds. The van der Waals surface area contributed by atoms with E-state index < -0.39 is 0 Å². The molecule has 9 rings (SSSR count). The van der Waals surface area contributed by atoms with Crippen molar-refractivity contribution in [3.8, 4) is 0 Å². The van der Waals surface area contributed by atoms with Gasteiger partial charge in [0, 0.05) is 32.4 Å². The molecule has 0 aromatic carbocycles. The van der Waals surface area contributed by atoms with Gasteiger partial charge in [0.1, 0.15) is 0 Å². The molecule has 8 bridgehead atoms. The zero-order chi connectivity index (χ0) is 24.3. The van der Waals surface area contributed by atoms with E-state index >= 15 is 0 Å². The maximum Gasteiger partial charge on any atom is 0.339 e. The average molecular weight is 492 g/mol. The Labute approximate surface area is 216 Å². The van der Waals surface area contributed by atoms with E-state index in [1.807, 2.05) is 6.07 Å². The molecule has 0 radical (unpaired) electrons. The van der Waals surface area contributed by atoms with E-state index in [-0.39, 0.29) is 5.97 Å². The highest BCUT2D eigenvalue weighted by atomic mass is 16.5. The molecule has 0 aliphatic heterocycles. The van der Waals surface area contributed by atoms with Crippen molar-refractivity contribution in [1.82, 2.24) is 15.6 Å². The molecule has 5 heteroatoms. The minimum atomic E-state index is -0.294. The van der Waals surface area contributed by atoms with Crippen LogP contribution >= 0.6 is 0 Å². The number of carbonyl (C=O) groups excluding carboxylic acids is 1. The third-order valence-electron chi connectivity index (χ3n) is 11.4. The number of nitrogens with one attached hydrogen (secondary N) is 2. The van der Waals surface area contributed by atoms with Gasteiger partial charge in [-0.3, -0.25) is 4.98 Å². The van der Waals surface area contributed by atoms with Crippen LogP contribution in [0.15, 0.2) is 12.3 Å². The van der Waals surface area contributed by atoms with Crippen LogP contribution in [0.2, 0.25) is 0 Å². The van der Waals surface area contributed by atoms with E-state index in [0.29, 0.717) is 16.4 Å². The minimum absolute atomic E-state index is 0.294. The number of rotatable bonds is 9. The maximum absolute atomic E-state index is 12.3. The summed E-state index contributed by atoms with van der Waals surface area (Å²) < 4.78 is 5.00. The summed E-state index contributed by atoms with van der Waals surface area (Å²) >= 11 is 0. The second kappa shape index (κ2) is 9.08. The van der Waals surface area contributed by atoms with E-state index in [9.17, 15) is 4.79 Å². The van der Waals surface area contributed by atoms with Crippen molar-refractivity contribution in [1.29, 1.82) is 0 Å². The smallest absolute Gasteiger partial charge is 0.339 e. The Morgan fingerprint density at radius 1 is 0.806 bits per heavy atom. The lowest BCUT2D eigenvalue weighted by atomic mass is 9.49. The molecular formula is C31H45N3O2. The first-order chi connectivity index (χ1) is 17.5. The molecular weight excluding hydrogens is 446 g/mol. The number of methoxy groups -OCH3 is 1. The van der Waals surface area contributed by atoms with Crippen LogP contribution in [-0.4, -0.2) is 31.2 Å². The fourth-order valence-corrected chi connectivity index (χ4v) is 11.0. The molecule has 1 aromatic rings. The van der Waals surface area contributed by atoms with Gasteiger partial charge in [-0.1, -0.05) is 0 Å². The average Bonchev–Trinajstić information content (AvgIpc) is 2.82. The normalized spacial score (nSPS) is 41.7. The van der Waals surface area contributed by atoms with Gasteiger partial charge in [0.05, 0.1) is 18.4 Å². The molecule has 8 saturated carbocycles. The molecule has 0 unspecified atom stereocenters. The molecule has 36 heavy (non-hydrogen) atoms. The quantitative estimate of drug-likeness (QED) is 0.448. The predicted octanol–water partition coefficient (Wildman–Crippen LogP) is 5.48. The third kappa shape index (κ3) is 4.42. The van der Waals surface area contributed by atoms with E-state index in [1.54, 1.807) is 6.20 Å². The number of nitrogens with zero attached hydrogens (tertiary/aromatic N) is 1. The molecule has 8 fully saturated rings. The highest BCUT2D eigenvalue weighted by Gasteiger charge is 2.51. The fraction of sp³-hybridized carbons (Fsp3) is 0.806. The first-order valence-electron chi connectivity index (χ1n) is 15.0. The zero-order valence-electron chi connectivity index (χ0n) is 22.2. The van der Waals surface area contributed by atoms with Crippen molar-refractivity contribution in [2.24, 2.45) is 46.3 Å². The molecule has 0 spiro atoms. The van der Waals surface area contributed by atoms with Gasteiger partial charge in [-0.25, -0.2) is 4.79 Å². The number of hydrogen-bond donors (Lipinski definition) is 2. The van der Waals surface area contributed by atoms with Crippen LogP contribution in [-0.2, 0) is 17.8 Å². The van der Waals surface area contributed by atoms with Gasteiger partial charge in [-0.15, -0.1) is 0 Å². The number of pyridine rings is 1. The Balaban J connectivity index is 1.01. The van der Waals surface area contributed by atoms with Crippen LogP contribution in [0, 0.1) is 46.3 Å². The van der Waals surface area contributed by atoms with Crippen LogP contribution in [0.3, 0.4) is 0 Å². The monoisotopic (exact) mass is 491 g/mol. The van der Waals surface area contributed by atoms with Crippen LogP contribution in [0.1, 0.15) is 98.7 Å². The van der Waals surface area contributed by atoms with Crippen molar-refractivity contribution < 1.29 is 9.53 Å². The SMILES string of the molecule is COC(=O)c1cnc(CNCC23CC4CC(CC(C4)C2)C3)c(CNCC23CC4CC(CC(C4)C2)C3)c1. The van der Waals surface area contributed by atoms with E-state index in [2.05, 4.69) is 10.6 Å². The molecule has 0 saturated heterocycles. The van der Waals surface area contributed by atoms with Crippen LogP contribution in [0.5, 0.6) is 0 Å². The van der Waals surface area contributed by atoms with E-state index in [1.165, 1.54) is 84.2 Å². The van der Waals surface area contributed by atoms with Crippen molar-refractivity contribution in [3.05, 3.63) is 29.1 Å². The lowest BCUT2D eigenvalue weighted by Crippen LogP contribution is -2.50. The van der Waals surface area contributed by atoms with Crippen molar-refractivity contribution in [2.75, 3.05) is 20.2 Å². The minimum Gasteiger partial charge on any atom is -0.465 e. The van der Waals surface area contributed by atoms with E-state index in [4.69, 9.17) is 9.72 Å². The van der Waals surface area contributed by atoms with Crippen LogP contribution in [0.4, 0.5) is 0 Å². The van der Waals surface area contributed by atoms with Gasteiger partial charge < -0.3 is 15.4 Å². The molecule has 8 aliphatic carbocycles. The van der Waals surface area contributed by atoms with Crippen LogP contribution in [0.25, 0.3) is 0 Å². The highest BCUT2D eigenvalue weighted by molar-refractivity contribution is 5.89. The van der Waals surface area contributed by atoms with Crippen molar-refractivity contribution >= 4 is 5.97 Å². The molecule has 2 N–H and O–H groups in total. The summed E-state index contributed by atoms with van der Waals surface area (Å²) in [6.07, 6.45) is 19.2.